The SMILES string of the molecule is CCN(C(=O)c1nnc(NC)s1)C1CC1. The van der Waals surface area contributed by atoms with Crippen LogP contribution in [0.1, 0.15) is 29.6 Å². The number of amides is 1. The molecule has 1 saturated carbocycles. The van der Waals surface area contributed by atoms with E-state index in [4.69, 9.17) is 0 Å². The molecule has 0 bridgehead atoms. The second-order valence-electron chi connectivity index (χ2n) is 3.48. The summed E-state index contributed by atoms with van der Waals surface area (Å²) in [7, 11) is 1.77. The van der Waals surface area contributed by atoms with Gasteiger partial charge in [-0.1, -0.05) is 11.3 Å². The Morgan fingerprint density at radius 1 is 1.60 bits per heavy atom. The van der Waals surface area contributed by atoms with E-state index in [1.54, 1.807) is 7.05 Å². The van der Waals surface area contributed by atoms with E-state index in [0.29, 0.717) is 16.2 Å². The van der Waals surface area contributed by atoms with Crippen molar-refractivity contribution in [3.8, 4) is 0 Å². The van der Waals surface area contributed by atoms with Gasteiger partial charge < -0.3 is 10.2 Å². The van der Waals surface area contributed by atoms with Crippen LogP contribution >= 0.6 is 11.3 Å². The van der Waals surface area contributed by atoms with Crippen LogP contribution in [0.2, 0.25) is 0 Å². The molecule has 0 radical (unpaired) electrons. The molecule has 82 valence electrons. The summed E-state index contributed by atoms with van der Waals surface area (Å²) in [6, 6.07) is 0.435. The second-order valence-corrected chi connectivity index (χ2v) is 4.46. The third kappa shape index (κ3) is 2.09. The van der Waals surface area contributed by atoms with Crippen molar-refractivity contribution in [3.63, 3.8) is 0 Å². The number of nitrogens with one attached hydrogen (secondary N) is 1. The van der Waals surface area contributed by atoms with Crippen LogP contribution in [0, 0.1) is 0 Å². The second kappa shape index (κ2) is 4.14. The first kappa shape index (κ1) is 10.4. The summed E-state index contributed by atoms with van der Waals surface area (Å²) in [5, 5.41) is 11.8. The fourth-order valence-corrected chi connectivity index (χ4v) is 2.14. The molecule has 1 aromatic rings. The van der Waals surface area contributed by atoms with E-state index in [-0.39, 0.29) is 5.91 Å². The number of aromatic nitrogens is 2. The van der Waals surface area contributed by atoms with Gasteiger partial charge in [-0.05, 0) is 19.8 Å². The molecule has 0 atom stereocenters. The number of hydrogen-bond donors (Lipinski definition) is 1. The Bertz CT molecular complexity index is 361. The van der Waals surface area contributed by atoms with Crippen LogP contribution in [0.25, 0.3) is 0 Å². The van der Waals surface area contributed by atoms with Gasteiger partial charge >= 0.3 is 0 Å². The predicted molar refractivity (Wildman–Crippen MR) is 59.2 cm³/mol. The molecule has 0 aromatic carbocycles. The molecule has 1 aromatic heterocycles. The topological polar surface area (TPSA) is 58.1 Å². The monoisotopic (exact) mass is 226 g/mol. The zero-order valence-electron chi connectivity index (χ0n) is 8.86. The normalized spacial score (nSPS) is 15.1. The third-order valence-electron chi connectivity index (χ3n) is 2.41. The average molecular weight is 226 g/mol. The van der Waals surface area contributed by atoms with Gasteiger partial charge in [-0.3, -0.25) is 4.79 Å². The largest absolute Gasteiger partial charge is 0.363 e. The summed E-state index contributed by atoms with van der Waals surface area (Å²) < 4.78 is 0. The lowest BCUT2D eigenvalue weighted by atomic mass is 10.4. The first-order chi connectivity index (χ1) is 7.26. The maximum Gasteiger partial charge on any atom is 0.285 e. The Labute approximate surface area is 92.5 Å². The molecule has 1 aliphatic rings. The Hall–Kier alpha value is -1.17. The summed E-state index contributed by atoms with van der Waals surface area (Å²) in [4.78, 5) is 13.9. The van der Waals surface area contributed by atoms with Gasteiger partial charge in [-0.25, -0.2) is 0 Å². The minimum Gasteiger partial charge on any atom is -0.363 e. The highest BCUT2D eigenvalue weighted by molar-refractivity contribution is 7.17. The lowest BCUT2D eigenvalue weighted by Crippen LogP contribution is -2.32. The smallest absolute Gasteiger partial charge is 0.285 e. The molecule has 0 unspecified atom stereocenters. The predicted octanol–water partition coefficient (Wildman–Crippen LogP) is 1.20. The third-order valence-corrected chi connectivity index (χ3v) is 3.34. The van der Waals surface area contributed by atoms with Crippen molar-refractivity contribution in [3.05, 3.63) is 5.01 Å². The van der Waals surface area contributed by atoms with Crippen molar-refractivity contribution in [2.45, 2.75) is 25.8 Å². The number of anilines is 1. The summed E-state index contributed by atoms with van der Waals surface area (Å²) in [6.07, 6.45) is 2.24. The minimum atomic E-state index is 0.0130. The average Bonchev–Trinajstić information content (AvgIpc) is 2.97. The molecule has 6 heteroatoms. The quantitative estimate of drug-likeness (QED) is 0.838. The molecule has 1 aliphatic carbocycles. The van der Waals surface area contributed by atoms with Crippen molar-refractivity contribution >= 4 is 22.4 Å². The molecule has 1 N–H and O–H groups in total. The number of nitrogens with zero attached hydrogens (tertiary/aromatic N) is 3. The van der Waals surface area contributed by atoms with E-state index in [0.717, 1.165) is 19.4 Å². The van der Waals surface area contributed by atoms with E-state index >= 15 is 0 Å². The van der Waals surface area contributed by atoms with Crippen LogP contribution < -0.4 is 5.32 Å². The Morgan fingerprint density at radius 2 is 2.33 bits per heavy atom. The van der Waals surface area contributed by atoms with Gasteiger partial charge in [0.25, 0.3) is 5.91 Å². The summed E-state index contributed by atoms with van der Waals surface area (Å²) >= 11 is 1.31. The molecule has 15 heavy (non-hydrogen) atoms. The van der Waals surface area contributed by atoms with E-state index in [1.807, 2.05) is 11.8 Å². The number of carbonyl (C=O) groups excluding carboxylic acids is 1. The van der Waals surface area contributed by atoms with Gasteiger partial charge in [0.15, 0.2) is 0 Å². The van der Waals surface area contributed by atoms with Crippen molar-refractivity contribution in [2.75, 3.05) is 18.9 Å². The molecule has 0 aliphatic heterocycles. The minimum absolute atomic E-state index is 0.0130. The molecule has 0 saturated heterocycles. The van der Waals surface area contributed by atoms with Crippen molar-refractivity contribution in [1.29, 1.82) is 0 Å². The molecule has 1 heterocycles. The molecule has 1 fully saturated rings. The molecular formula is C9H14N4OS. The fourth-order valence-electron chi connectivity index (χ4n) is 1.49. The van der Waals surface area contributed by atoms with Gasteiger partial charge in [0.2, 0.25) is 10.1 Å². The summed E-state index contributed by atoms with van der Waals surface area (Å²) in [6.45, 7) is 2.74. The molecule has 5 nitrogen and oxygen atoms in total. The molecule has 1 amide bonds. The molecule has 0 spiro atoms. The van der Waals surface area contributed by atoms with Crippen LogP contribution in [0.3, 0.4) is 0 Å². The number of rotatable bonds is 4. The lowest BCUT2D eigenvalue weighted by molar-refractivity contribution is 0.0751. The first-order valence-electron chi connectivity index (χ1n) is 5.08. The van der Waals surface area contributed by atoms with Crippen molar-refractivity contribution in [2.24, 2.45) is 0 Å². The van der Waals surface area contributed by atoms with Crippen LogP contribution in [0.4, 0.5) is 5.13 Å². The summed E-state index contributed by atoms with van der Waals surface area (Å²) in [5.41, 5.74) is 0. The Morgan fingerprint density at radius 3 is 2.80 bits per heavy atom. The lowest BCUT2D eigenvalue weighted by Gasteiger charge is -2.18. The van der Waals surface area contributed by atoms with Crippen LogP contribution in [0.15, 0.2) is 0 Å². The summed E-state index contributed by atoms with van der Waals surface area (Å²) in [5.74, 6) is 0.0130. The van der Waals surface area contributed by atoms with Gasteiger partial charge in [0, 0.05) is 19.6 Å². The number of hydrogen-bond acceptors (Lipinski definition) is 5. The highest BCUT2D eigenvalue weighted by Gasteiger charge is 2.33. The molecular weight excluding hydrogens is 212 g/mol. The Kier molecular flexibility index (Phi) is 2.86. The van der Waals surface area contributed by atoms with Crippen molar-refractivity contribution < 1.29 is 4.79 Å². The highest BCUT2D eigenvalue weighted by atomic mass is 32.1. The van der Waals surface area contributed by atoms with Gasteiger partial charge in [0.1, 0.15) is 0 Å². The zero-order valence-corrected chi connectivity index (χ0v) is 9.67. The standard InChI is InChI=1S/C9H14N4OS/c1-3-13(6-4-5-6)8(14)7-11-12-9(10-2)15-7/h6H,3-5H2,1-2H3,(H,10,12). The van der Waals surface area contributed by atoms with E-state index < -0.39 is 0 Å². The maximum atomic E-state index is 12.0. The van der Waals surface area contributed by atoms with E-state index in [1.165, 1.54) is 11.3 Å². The maximum absolute atomic E-state index is 12.0. The first-order valence-corrected chi connectivity index (χ1v) is 5.90. The van der Waals surface area contributed by atoms with Crippen LogP contribution in [-0.4, -0.2) is 40.6 Å². The highest BCUT2D eigenvalue weighted by Crippen LogP contribution is 2.28. The van der Waals surface area contributed by atoms with Gasteiger partial charge in [0.05, 0.1) is 0 Å². The van der Waals surface area contributed by atoms with E-state index in [2.05, 4.69) is 15.5 Å². The Balaban J connectivity index is 2.11. The van der Waals surface area contributed by atoms with E-state index in [9.17, 15) is 4.79 Å². The fraction of sp³-hybridized carbons (Fsp3) is 0.667. The number of carbonyl (C=O) groups is 1. The molecule has 2 rings (SSSR count). The zero-order chi connectivity index (χ0) is 10.8. The van der Waals surface area contributed by atoms with Crippen molar-refractivity contribution in [1.82, 2.24) is 15.1 Å². The van der Waals surface area contributed by atoms with Crippen LogP contribution in [0.5, 0.6) is 0 Å². The van der Waals surface area contributed by atoms with Gasteiger partial charge in [-0.15, -0.1) is 10.2 Å². The van der Waals surface area contributed by atoms with Crippen LogP contribution in [-0.2, 0) is 0 Å². The van der Waals surface area contributed by atoms with Gasteiger partial charge in [-0.2, -0.15) is 0 Å².